The lowest BCUT2D eigenvalue weighted by Crippen LogP contribution is -2.33. The van der Waals surface area contributed by atoms with E-state index in [-0.39, 0.29) is 6.54 Å². The van der Waals surface area contributed by atoms with Gasteiger partial charge < -0.3 is 9.84 Å². The zero-order chi connectivity index (χ0) is 17.0. The van der Waals surface area contributed by atoms with E-state index in [1.165, 1.54) is 17.1 Å². The summed E-state index contributed by atoms with van der Waals surface area (Å²) in [5.74, 6) is -3.71. The van der Waals surface area contributed by atoms with Crippen molar-refractivity contribution in [2.45, 2.75) is 12.6 Å². The maximum absolute atomic E-state index is 13.7. The number of nitrogens with one attached hydrogen (secondary N) is 1. The van der Waals surface area contributed by atoms with Crippen molar-refractivity contribution in [3.05, 3.63) is 47.2 Å². The number of hydrogen-bond acceptors (Lipinski definition) is 4. The van der Waals surface area contributed by atoms with Gasteiger partial charge in [-0.3, -0.25) is 10.00 Å². The molecule has 7 nitrogen and oxygen atoms in total. The molecule has 2 aromatic rings. The van der Waals surface area contributed by atoms with Gasteiger partial charge in [-0.2, -0.15) is 5.10 Å². The third-order valence-electron chi connectivity index (χ3n) is 2.71. The van der Waals surface area contributed by atoms with Crippen molar-refractivity contribution < 1.29 is 28.2 Å². The Morgan fingerprint density at radius 3 is 2.78 bits per heavy atom. The molecule has 0 fully saturated rings. The average Bonchev–Trinajstić information content (AvgIpc) is 3.00. The molecule has 23 heavy (non-hydrogen) atoms. The number of halogens is 3. The number of aliphatic carboxylic acids is 1. The fourth-order valence-corrected chi connectivity index (χ4v) is 1.80. The van der Waals surface area contributed by atoms with Crippen molar-refractivity contribution in [2.24, 2.45) is 0 Å². The van der Waals surface area contributed by atoms with Crippen LogP contribution in [0.4, 0.5) is 19.3 Å². The molecule has 2 rings (SSSR count). The van der Waals surface area contributed by atoms with E-state index in [1.54, 1.807) is 11.4 Å². The van der Waals surface area contributed by atoms with Gasteiger partial charge in [-0.25, -0.2) is 18.4 Å². The number of anilines is 1. The van der Waals surface area contributed by atoms with Crippen LogP contribution in [0, 0.1) is 11.6 Å². The summed E-state index contributed by atoms with van der Waals surface area (Å²) in [7, 11) is 0. The summed E-state index contributed by atoms with van der Waals surface area (Å²) in [6.45, 7) is -0.268. The predicted octanol–water partition coefficient (Wildman–Crippen LogP) is 2.52. The second kappa shape index (κ2) is 7.05. The summed E-state index contributed by atoms with van der Waals surface area (Å²) in [6, 6.07) is 3.37. The summed E-state index contributed by atoms with van der Waals surface area (Å²) in [5.41, 5.74) is -0.828. The molecule has 1 aromatic carbocycles. The van der Waals surface area contributed by atoms with E-state index in [9.17, 15) is 18.4 Å². The lowest BCUT2D eigenvalue weighted by atomic mass is 10.3. The van der Waals surface area contributed by atoms with E-state index in [0.29, 0.717) is 0 Å². The number of benzene rings is 1. The first-order valence-electron chi connectivity index (χ1n) is 6.20. The van der Waals surface area contributed by atoms with Crippen LogP contribution in [-0.4, -0.2) is 33.1 Å². The Kier molecular flexibility index (Phi) is 5.12. The summed E-state index contributed by atoms with van der Waals surface area (Å²) >= 11 is 5.48. The van der Waals surface area contributed by atoms with E-state index in [0.717, 1.165) is 12.1 Å². The van der Waals surface area contributed by atoms with E-state index in [4.69, 9.17) is 16.7 Å². The molecule has 0 radical (unpaired) electrons. The Balaban J connectivity index is 2.08. The van der Waals surface area contributed by atoms with Gasteiger partial charge in [0, 0.05) is 12.4 Å². The zero-order valence-electron chi connectivity index (χ0n) is 11.4. The highest BCUT2D eigenvalue weighted by Gasteiger charge is 2.24. The van der Waals surface area contributed by atoms with Gasteiger partial charge in [0.1, 0.15) is 11.5 Å². The van der Waals surface area contributed by atoms with E-state index >= 15 is 0 Å². The molecule has 0 aliphatic rings. The van der Waals surface area contributed by atoms with Crippen LogP contribution in [0.2, 0.25) is 5.02 Å². The number of carboxylic acid groups (broad SMARTS) is 1. The topological polar surface area (TPSA) is 93.5 Å². The summed E-state index contributed by atoms with van der Waals surface area (Å²) in [4.78, 5) is 22.8. The minimum Gasteiger partial charge on any atom is -0.478 e. The molecule has 0 aliphatic heterocycles. The highest BCUT2D eigenvalue weighted by atomic mass is 35.5. The van der Waals surface area contributed by atoms with Gasteiger partial charge in [0.05, 0.1) is 11.6 Å². The number of amides is 1. The standard InChI is InChI=1S/C13H10ClF2N3O4/c14-7-2-3-8(15)11(10(7)16)18-13(22)23-9(12(20)21)6-19-5-1-4-17-19/h1-5,9H,6H2,(H,18,22)(H,20,21). The Morgan fingerprint density at radius 2 is 2.17 bits per heavy atom. The van der Waals surface area contributed by atoms with Gasteiger partial charge in [-0.05, 0) is 18.2 Å². The molecule has 1 amide bonds. The van der Waals surface area contributed by atoms with Crippen LogP contribution >= 0.6 is 11.6 Å². The molecule has 1 aromatic heterocycles. The fourth-order valence-electron chi connectivity index (χ4n) is 1.65. The molecule has 1 heterocycles. The van der Waals surface area contributed by atoms with Crippen LogP contribution in [0.3, 0.4) is 0 Å². The number of rotatable bonds is 5. The largest absolute Gasteiger partial charge is 0.478 e. The second-order valence-electron chi connectivity index (χ2n) is 4.30. The lowest BCUT2D eigenvalue weighted by molar-refractivity contribution is -0.147. The second-order valence-corrected chi connectivity index (χ2v) is 4.71. The summed E-state index contributed by atoms with van der Waals surface area (Å²) in [5, 5.41) is 14.2. The van der Waals surface area contributed by atoms with Crippen molar-refractivity contribution in [2.75, 3.05) is 5.32 Å². The van der Waals surface area contributed by atoms with Crippen molar-refractivity contribution >= 4 is 29.4 Å². The van der Waals surface area contributed by atoms with Gasteiger partial charge in [0.2, 0.25) is 6.10 Å². The van der Waals surface area contributed by atoms with Gasteiger partial charge in [0.25, 0.3) is 0 Å². The summed E-state index contributed by atoms with van der Waals surface area (Å²) < 4.78 is 33.0. The fraction of sp³-hybridized carbons (Fsp3) is 0.154. The molecule has 2 N–H and O–H groups in total. The molecule has 0 bridgehead atoms. The highest BCUT2D eigenvalue weighted by Crippen LogP contribution is 2.25. The number of carboxylic acids is 1. The molecule has 0 spiro atoms. The number of hydrogen-bond donors (Lipinski definition) is 2. The van der Waals surface area contributed by atoms with Crippen molar-refractivity contribution in [3.63, 3.8) is 0 Å². The zero-order valence-corrected chi connectivity index (χ0v) is 12.1. The van der Waals surface area contributed by atoms with Crippen LogP contribution < -0.4 is 5.32 Å². The first kappa shape index (κ1) is 16.7. The molecular weight excluding hydrogens is 336 g/mol. The lowest BCUT2D eigenvalue weighted by Gasteiger charge is -2.15. The molecule has 0 saturated heterocycles. The van der Waals surface area contributed by atoms with Gasteiger partial charge in [-0.1, -0.05) is 11.6 Å². The normalized spacial score (nSPS) is 11.8. The number of carbonyl (C=O) groups excluding carboxylic acids is 1. The number of carbonyl (C=O) groups is 2. The molecule has 0 aliphatic carbocycles. The molecule has 1 unspecified atom stereocenters. The van der Waals surface area contributed by atoms with Gasteiger partial charge in [-0.15, -0.1) is 0 Å². The Morgan fingerprint density at radius 1 is 1.43 bits per heavy atom. The third-order valence-corrected chi connectivity index (χ3v) is 3.00. The van der Waals surface area contributed by atoms with Crippen LogP contribution in [0.1, 0.15) is 0 Å². The SMILES string of the molecule is O=C(Nc1c(F)ccc(Cl)c1F)OC(Cn1cccn1)C(=O)O. The maximum atomic E-state index is 13.7. The van der Waals surface area contributed by atoms with Crippen molar-refractivity contribution in [1.29, 1.82) is 0 Å². The number of ether oxygens (including phenoxy) is 1. The number of nitrogens with zero attached hydrogens (tertiary/aromatic N) is 2. The number of aromatic nitrogens is 2. The van der Waals surface area contributed by atoms with Crippen molar-refractivity contribution in [1.82, 2.24) is 9.78 Å². The Labute approximate surface area is 133 Å². The predicted molar refractivity (Wildman–Crippen MR) is 75.1 cm³/mol. The third kappa shape index (κ3) is 4.16. The van der Waals surface area contributed by atoms with E-state index < -0.39 is 40.5 Å². The monoisotopic (exact) mass is 345 g/mol. The minimum atomic E-state index is -1.60. The Bertz CT molecular complexity index is 724. The van der Waals surface area contributed by atoms with E-state index in [2.05, 4.69) is 9.84 Å². The van der Waals surface area contributed by atoms with Crippen LogP contribution in [0.25, 0.3) is 0 Å². The minimum absolute atomic E-state index is 0.268. The summed E-state index contributed by atoms with van der Waals surface area (Å²) in [6.07, 6.45) is -0.0618. The van der Waals surface area contributed by atoms with Crippen LogP contribution in [0.5, 0.6) is 0 Å². The van der Waals surface area contributed by atoms with Crippen LogP contribution in [0.15, 0.2) is 30.6 Å². The van der Waals surface area contributed by atoms with Gasteiger partial charge >= 0.3 is 12.1 Å². The Hall–Kier alpha value is -2.68. The molecule has 1 atom stereocenters. The molecule has 122 valence electrons. The smallest absolute Gasteiger partial charge is 0.412 e. The molecule has 0 saturated carbocycles. The average molecular weight is 346 g/mol. The highest BCUT2D eigenvalue weighted by molar-refractivity contribution is 6.31. The van der Waals surface area contributed by atoms with E-state index in [1.807, 2.05) is 0 Å². The first-order chi connectivity index (χ1) is 10.9. The quantitative estimate of drug-likeness (QED) is 0.812. The maximum Gasteiger partial charge on any atom is 0.412 e. The molecule has 10 heteroatoms. The van der Waals surface area contributed by atoms with Crippen molar-refractivity contribution in [3.8, 4) is 0 Å². The van der Waals surface area contributed by atoms with Crippen LogP contribution in [-0.2, 0) is 16.1 Å². The molecular formula is C13H10ClF2N3O4. The van der Waals surface area contributed by atoms with Gasteiger partial charge in [0.15, 0.2) is 5.82 Å². The first-order valence-corrected chi connectivity index (χ1v) is 6.57.